The molecule has 1 aromatic heterocycles. The van der Waals surface area contributed by atoms with E-state index in [1.165, 1.54) is 6.42 Å². The number of aromatic nitrogens is 3. The molecule has 0 unspecified atom stereocenters. The second-order valence-corrected chi connectivity index (χ2v) is 5.33. The highest BCUT2D eigenvalue weighted by atomic mass is 32.2. The zero-order valence-corrected chi connectivity index (χ0v) is 10.9. The maximum Gasteiger partial charge on any atom is 0.223 e. The van der Waals surface area contributed by atoms with Gasteiger partial charge in [0.05, 0.1) is 0 Å². The Morgan fingerprint density at radius 2 is 2.18 bits per heavy atom. The lowest BCUT2D eigenvalue weighted by molar-refractivity contribution is -0.131. The third-order valence-electron chi connectivity index (χ3n) is 2.93. The summed E-state index contributed by atoms with van der Waals surface area (Å²) in [5, 5.41) is 8.65. The van der Waals surface area contributed by atoms with Crippen molar-refractivity contribution in [3.8, 4) is 0 Å². The molecule has 0 bridgehead atoms. The van der Waals surface area contributed by atoms with Crippen LogP contribution in [0.3, 0.4) is 0 Å². The summed E-state index contributed by atoms with van der Waals surface area (Å²) in [5.74, 6) is 1.06. The molecule has 1 aliphatic rings. The lowest BCUT2D eigenvalue weighted by Gasteiger charge is -2.26. The van der Waals surface area contributed by atoms with Crippen LogP contribution < -0.4 is 0 Å². The van der Waals surface area contributed by atoms with E-state index in [4.69, 9.17) is 0 Å². The first-order valence-corrected chi connectivity index (χ1v) is 7.00. The highest BCUT2D eigenvalue weighted by Crippen LogP contribution is 2.16. The van der Waals surface area contributed by atoms with Crippen LogP contribution in [0.1, 0.15) is 25.7 Å². The molecule has 1 saturated heterocycles. The molecule has 5 nitrogen and oxygen atoms in total. The van der Waals surface area contributed by atoms with Crippen molar-refractivity contribution in [1.82, 2.24) is 19.7 Å². The zero-order chi connectivity index (χ0) is 12.1. The van der Waals surface area contributed by atoms with E-state index >= 15 is 0 Å². The van der Waals surface area contributed by atoms with Gasteiger partial charge in [-0.2, -0.15) is 0 Å². The van der Waals surface area contributed by atoms with Gasteiger partial charge in [-0.25, -0.2) is 0 Å². The topological polar surface area (TPSA) is 51.0 Å². The molecule has 17 heavy (non-hydrogen) atoms. The highest BCUT2D eigenvalue weighted by Gasteiger charge is 2.16. The van der Waals surface area contributed by atoms with Crippen LogP contribution in [0.15, 0.2) is 11.5 Å². The van der Waals surface area contributed by atoms with Gasteiger partial charge in [0.15, 0.2) is 5.16 Å². The minimum absolute atomic E-state index is 0.277. The summed E-state index contributed by atoms with van der Waals surface area (Å²) in [4.78, 5) is 13.9. The molecule has 1 fully saturated rings. The van der Waals surface area contributed by atoms with E-state index in [0.717, 1.165) is 36.8 Å². The normalized spacial score (nSPS) is 16.2. The number of nitrogens with zero attached hydrogens (tertiary/aromatic N) is 4. The van der Waals surface area contributed by atoms with Crippen LogP contribution in [0.2, 0.25) is 0 Å². The Bertz CT molecular complexity index is 373. The number of hydrogen-bond acceptors (Lipinski definition) is 4. The molecule has 0 N–H and O–H groups in total. The zero-order valence-electron chi connectivity index (χ0n) is 10.1. The van der Waals surface area contributed by atoms with Crippen molar-refractivity contribution >= 4 is 17.7 Å². The van der Waals surface area contributed by atoms with Crippen molar-refractivity contribution in [2.75, 3.05) is 18.8 Å². The van der Waals surface area contributed by atoms with Gasteiger partial charge in [-0.15, -0.1) is 10.2 Å². The lowest BCUT2D eigenvalue weighted by Crippen LogP contribution is -2.35. The van der Waals surface area contributed by atoms with E-state index in [1.807, 2.05) is 16.5 Å². The fraction of sp³-hybridized carbons (Fsp3) is 0.727. The predicted octanol–water partition coefficient (Wildman–Crippen LogP) is 1.31. The Morgan fingerprint density at radius 1 is 1.41 bits per heavy atom. The summed E-state index contributed by atoms with van der Waals surface area (Å²) in [5.41, 5.74) is 0. The predicted molar refractivity (Wildman–Crippen MR) is 66.8 cm³/mol. The van der Waals surface area contributed by atoms with Crippen molar-refractivity contribution < 1.29 is 4.79 Å². The summed E-state index contributed by atoms with van der Waals surface area (Å²) in [6, 6.07) is 0. The minimum atomic E-state index is 0.277. The quantitative estimate of drug-likeness (QED) is 0.760. The van der Waals surface area contributed by atoms with Crippen molar-refractivity contribution in [3.63, 3.8) is 0 Å². The first-order chi connectivity index (χ1) is 8.27. The second kappa shape index (κ2) is 6.05. The monoisotopic (exact) mass is 254 g/mol. The number of carbonyl (C=O) groups is 1. The summed E-state index contributed by atoms with van der Waals surface area (Å²) in [6.45, 7) is 1.88. The average molecular weight is 254 g/mol. The summed E-state index contributed by atoms with van der Waals surface area (Å²) in [6.07, 6.45) is 5.84. The molecule has 1 aromatic rings. The van der Waals surface area contributed by atoms with E-state index in [0.29, 0.717) is 6.42 Å². The third-order valence-corrected chi connectivity index (χ3v) is 3.96. The summed E-state index contributed by atoms with van der Waals surface area (Å²) < 4.78 is 1.87. The smallest absolute Gasteiger partial charge is 0.223 e. The van der Waals surface area contributed by atoms with E-state index < -0.39 is 0 Å². The van der Waals surface area contributed by atoms with Gasteiger partial charge in [0.25, 0.3) is 0 Å². The van der Waals surface area contributed by atoms with Crippen LogP contribution in [0.25, 0.3) is 0 Å². The molecule has 1 amide bonds. The molecular weight excluding hydrogens is 236 g/mol. The van der Waals surface area contributed by atoms with Crippen molar-refractivity contribution in [2.45, 2.75) is 30.8 Å². The van der Waals surface area contributed by atoms with E-state index in [-0.39, 0.29) is 5.91 Å². The minimum Gasteiger partial charge on any atom is -0.343 e. The fourth-order valence-corrected chi connectivity index (χ4v) is 2.75. The van der Waals surface area contributed by atoms with E-state index in [2.05, 4.69) is 10.2 Å². The maximum atomic E-state index is 11.9. The number of thioether (sulfide) groups is 1. The number of piperidine rings is 1. The Kier molecular flexibility index (Phi) is 4.42. The summed E-state index contributed by atoms with van der Waals surface area (Å²) >= 11 is 1.59. The van der Waals surface area contributed by atoms with Crippen LogP contribution in [-0.4, -0.2) is 44.4 Å². The van der Waals surface area contributed by atoms with Crippen LogP contribution >= 0.6 is 11.8 Å². The van der Waals surface area contributed by atoms with Gasteiger partial charge in [-0.1, -0.05) is 11.8 Å². The van der Waals surface area contributed by atoms with Gasteiger partial charge in [0.2, 0.25) is 5.91 Å². The Morgan fingerprint density at radius 3 is 2.82 bits per heavy atom. The number of amides is 1. The van der Waals surface area contributed by atoms with Gasteiger partial charge >= 0.3 is 0 Å². The van der Waals surface area contributed by atoms with Crippen LogP contribution in [0.4, 0.5) is 0 Å². The largest absolute Gasteiger partial charge is 0.343 e. The number of hydrogen-bond donors (Lipinski definition) is 0. The number of likely N-dealkylation sites (tertiary alicyclic amines) is 1. The molecule has 0 atom stereocenters. The molecule has 0 saturated carbocycles. The summed E-state index contributed by atoms with van der Waals surface area (Å²) in [7, 11) is 1.91. The fourth-order valence-electron chi connectivity index (χ4n) is 1.93. The number of rotatable bonds is 4. The Hall–Kier alpha value is -1.04. The molecule has 0 aliphatic carbocycles. The molecule has 0 aromatic carbocycles. The highest BCUT2D eigenvalue weighted by molar-refractivity contribution is 7.99. The van der Waals surface area contributed by atoms with E-state index in [9.17, 15) is 4.79 Å². The second-order valence-electron chi connectivity index (χ2n) is 4.26. The van der Waals surface area contributed by atoms with Gasteiger partial charge < -0.3 is 9.47 Å². The SMILES string of the molecule is Cn1cnnc1SCCC(=O)N1CCCCC1. The molecule has 94 valence electrons. The lowest BCUT2D eigenvalue weighted by atomic mass is 10.1. The standard InChI is InChI=1S/C11H18N4OS/c1-14-9-12-13-11(14)17-8-5-10(16)15-6-3-2-4-7-15/h9H,2-8H2,1H3. The average Bonchev–Trinajstić information content (AvgIpc) is 2.76. The molecule has 2 heterocycles. The third kappa shape index (κ3) is 3.46. The Labute approximate surface area is 106 Å². The molecule has 6 heteroatoms. The van der Waals surface area contributed by atoms with E-state index in [1.54, 1.807) is 18.1 Å². The molecular formula is C11H18N4OS. The first-order valence-electron chi connectivity index (χ1n) is 6.02. The van der Waals surface area contributed by atoms with Gasteiger partial charge in [0.1, 0.15) is 6.33 Å². The molecule has 1 aliphatic heterocycles. The van der Waals surface area contributed by atoms with Crippen molar-refractivity contribution in [1.29, 1.82) is 0 Å². The van der Waals surface area contributed by atoms with Crippen LogP contribution in [0.5, 0.6) is 0 Å². The molecule has 0 radical (unpaired) electrons. The van der Waals surface area contributed by atoms with Gasteiger partial charge in [-0.05, 0) is 19.3 Å². The number of aryl methyl sites for hydroxylation is 1. The number of carbonyl (C=O) groups excluding carboxylic acids is 1. The van der Waals surface area contributed by atoms with Gasteiger partial charge in [0, 0.05) is 32.3 Å². The van der Waals surface area contributed by atoms with Crippen LogP contribution in [0, 0.1) is 0 Å². The molecule has 0 spiro atoms. The van der Waals surface area contributed by atoms with Crippen molar-refractivity contribution in [3.05, 3.63) is 6.33 Å². The van der Waals surface area contributed by atoms with Crippen molar-refractivity contribution in [2.24, 2.45) is 7.05 Å². The molecule has 2 rings (SSSR count). The maximum absolute atomic E-state index is 11.9. The Balaban J connectivity index is 1.71. The van der Waals surface area contributed by atoms with Crippen LogP contribution in [-0.2, 0) is 11.8 Å². The van der Waals surface area contributed by atoms with Gasteiger partial charge in [-0.3, -0.25) is 4.79 Å². The first kappa shape index (κ1) is 12.4.